The molecule has 0 radical (unpaired) electrons. The lowest BCUT2D eigenvalue weighted by Gasteiger charge is -2.10. The monoisotopic (exact) mass is 271 g/mol. The number of nitrogens with zero attached hydrogens (tertiary/aromatic N) is 2. The number of hydrogen-bond donors (Lipinski definition) is 1. The summed E-state index contributed by atoms with van der Waals surface area (Å²) in [6, 6.07) is 9.75. The second-order valence-electron chi connectivity index (χ2n) is 4.97. The Morgan fingerprint density at radius 2 is 2.20 bits per heavy atom. The van der Waals surface area contributed by atoms with Crippen LogP contribution in [-0.2, 0) is 6.54 Å². The van der Waals surface area contributed by atoms with Gasteiger partial charge in [-0.1, -0.05) is 18.2 Å². The zero-order chi connectivity index (χ0) is 13.9. The number of aromatic nitrogens is 2. The molecular weight excluding hydrogens is 254 g/mol. The maximum atomic E-state index is 12.1. The van der Waals surface area contributed by atoms with Gasteiger partial charge < -0.3 is 10.1 Å². The molecule has 1 aromatic heterocycles. The van der Waals surface area contributed by atoms with Gasteiger partial charge in [0.25, 0.3) is 5.56 Å². The molecule has 20 heavy (non-hydrogen) atoms. The van der Waals surface area contributed by atoms with Gasteiger partial charge in [0.2, 0.25) is 0 Å². The van der Waals surface area contributed by atoms with E-state index in [4.69, 9.17) is 4.74 Å². The Morgan fingerprint density at radius 3 is 2.90 bits per heavy atom. The number of rotatable bonds is 5. The molecule has 1 aromatic carbocycles. The zero-order valence-corrected chi connectivity index (χ0v) is 11.4. The van der Waals surface area contributed by atoms with Crippen molar-refractivity contribution in [3.8, 4) is 5.75 Å². The smallest absolute Gasteiger partial charge is 0.269 e. The second-order valence-corrected chi connectivity index (χ2v) is 4.97. The lowest BCUT2D eigenvalue weighted by molar-refractivity contribution is 0.407. The summed E-state index contributed by atoms with van der Waals surface area (Å²) in [5.41, 5.74) is 1.63. The van der Waals surface area contributed by atoms with Crippen LogP contribution in [0.5, 0.6) is 5.75 Å². The molecular formula is C15H17N3O2. The predicted octanol–water partition coefficient (Wildman–Crippen LogP) is 1.87. The average Bonchev–Trinajstić information content (AvgIpc) is 3.26. The van der Waals surface area contributed by atoms with E-state index in [1.54, 1.807) is 19.4 Å². The summed E-state index contributed by atoms with van der Waals surface area (Å²) in [4.78, 5) is 12.1. The van der Waals surface area contributed by atoms with Crippen molar-refractivity contribution in [2.75, 3.05) is 12.4 Å². The number of para-hydroxylation sites is 1. The van der Waals surface area contributed by atoms with Crippen molar-refractivity contribution >= 4 is 5.69 Å². The van der Waals surface area contributed by atoms with Crippen LogP contribution in [0.1, 0.15) is 18.4 Å². The van der Waals surface area contributed by atoms with Gasteiger partial charge in [-0.3, -0.25) is 4.79 Å². The highest BCUT2D eigenvalue weighted by Gasteiger charge is 2.21. The Hall–Kier alpha value is -2.30. The van der Waals surface area contributed by atoms with Crippen LogP contribution >= 0.6 is 0 Å². The normalized spacial score (nSPS) is 14.1. The molecule has 104 valence electrons. The van der Waals surface area contributed by atoms with Gasteiger partial charge in [0.1, 0.15) is 5.75 Å². The summed E-state index contributed by atoms with van der Waals surface area (Å²) >= 11 is 0. The van der Waals surface area contributed by atoms with Gasteiger partial charge in [-0.05, 0) is 18.9 Å². The molecule has 5 heteroatoms. The maximum absolute atomic E-state index is 12.1. The van der Waals surface area contributed by atoms with Gasteiger partial charge in [-0.15, -0.1) is 0 Å². The minimum Gasteiger partial charge on any atom is -0.496 e. The molecule has 2 aromatic rings. The van der Waals surface area contributed by atoms with Crippen LogP contribution in [0.15, 0.2) is 41.3 Å². The number of anilines is 1. The third-order valence-corrected chi connectivity index (χ3v) is 3.33. The first-order valence-corrected chi connectivity index (χ1v) is 6.72. The minimum absolute atomic E-state index is 0.110. The zero-order valence-electron chi connectivity index (χ0n) is 11.4. The van der Waals surface area contributed by atoms with Crippen LogP contribution in [0, 0.1) is 0 Å². The fourth-order valence-electron chi connectivity index (χ4n) is 2.09. The first-order valence-electron chi connectivity index (χ1n) is 6.72. The lowest BCUT2D eigenvalue weighted by atomic mass is 10.2. The summed E-state index contributed by atoms with van der Waals surface area (Å²) in [6.45, 7) is 0.409. The second kappa shape index (κ2) is 5.36. The van der Waals surface area contributed by atoms with E-state index in [9.17, 15) is 4.79 Å². The average molecular weight is 271 g/mol. The third-order valence-electron chi connectivity index (χ3n) is 3.33. The van der Waals surface area contributed by atoms with Gasteiger partial charge in [0.15, 0.2) is 0 Å². The Labute approximate surface area is 117 Å². The lowest BCUT2D eigenvalue weighted by Crippen LogP contribution is -2.23. The highest BCUT2D eigenvalue weighted by molar-refractivity contribution is 5.41. The van der Waals surface area contributed by atoms with Crippen molar-refractivity contribution in [1.29, 1.82) is 0 Å². The Balaban J connectivity index is 1.81. The van der Waals surface area contributed by atoms with Gasteiger partial charge in [0.05, 0.1) is 25.5 Å². The Bertz CT molecular complexity index is 662. The van der Waals surface area contributed by atoms with Crippen LogP contribution in [0.4, 0.5) is 5.69 Å². The molecule has 0 atom stereocenters. The van der Waals surface area contributed by atoms with Crippen molar-refractivity contribution in [1.82, 2.24) is 9.78 Å². The topological polar surface area (TPSA) is 56.1 Å². The third kappa shape index (κ3) is 2.82. The molecule has 1 N–H and O–H groups in total. The van der Waals surface area contributed by atoms with Crippen molar-refractivity contribution < 1.29 is 4.74 Å². The molecule has 1 aliphatic rings. The molecule has 0 unspecified atom stereocenters. The van der Waals surface area contributed by atoms with E-state index in [0.29, 0.717) is 12.6 Å². The fourth-order valence-corrected chi connectivity index (χ4v) is 2.09. The molecule has 0 bridgehead atoms. The number of ether oxygens (including phenoxy) is 1. The Morgan fingerprint density at radius 1 is 1.40 bits per heavy atom. The van der Waals surface area contributed by atoms with Gasteiger partial charge in [0, 0.05) is 17.7 Å². The molecule has 0 aliphatic heterocycles. The minimum atomic E-state index is -0.110. The molecule has 1 saturated carbocycles. The number of hydrogen-bond acceptors (Lipinski definition) is 4. The van der Waals surface area contributed by atoms with E-state index < -0.39 is 0 Å². The largest absolute Gasteiger partial charge is 0.496 e. The molecule has 0 amide bonds. The maximum Gasteiger partial charge on any atom is 0.269 e. The van der Waals surface area contributed by atoms with Crippen LogP contribution in [0.3, 0.4) is 0 Å². The predicted molar refractivity (Wildman–Crippen MR) is 77.2 cm³/mol. The Kier molecular flexibility index (Phi) is 3.41. The molecule has 5 nitrogen and oxygen atoms in total. The summed E-state index contributed by atoms with van der Waals surface area (Å²) in [7, 11) is 1.62. The van der Waals surface area contributed by atoms with Crippen molar-refractivity contribution in [2.45, 2.75) is 25.4 Å². The van der Waals surface area contributed by atoms with Gasteiger partial charge >= 0.3 is 0 Å². The number of benzene rings is 1. The molecule has 3 rings (SSSR count). The van der Waals surface area contributed by atoms with Gasteiger partial charge in [-0.25, -0.2) is 4.68 Å². The van der Waals surface area contributed by atoms with E-state index in [1.807, 2.05) is 24.3 Å². The molecule has 1 heterocycles. The SMILES string of the molecule is COc1ccccc1Cn1ncc(NC2CC2)cc1=O. The summed E-state index contributed by atoms with van der Waals surface area (Å²) in [5.74, 6) is 0.765. The standard InChI is InChI=1S/C15H17N3O2/c1-20-14-5-3-2-4-11(14)10-18-15(19)8-13(9-16-18)17-12-6-7-12/h2-5,8-9,12,17H,6-7,10H2,1H3. The van der Waals surface area contributed by atoms with Crippen LogP contribution in [0.2, 0.25) is 0 Å². The summed E-state index contributed by atoms with van der Waals surface area (Å²) < 4.78 is 6.73. The first-order chi connectivity index (χ1) is 9.76. The van der Waals surface area contributed by atoms with Crippen LogP contribution < -0.4 is 15.6 Å². The summed E-state index contributed by atoms with van der Waals surface area (Å²) in [5, 5.41) is 7.49. The molecule has 0 saturated heterocycles. The van der Waals surface area contributed by atoms with Gasteiger partial charge in [-0.2, -0.15) is 5.10 Å². The fraction of sp³-hybridized carbons (Fsp3) is 0.333. The van der Waals surface area contributed by atoms with E-state index >= 15 is 0 Å². The highest BCUT2D eigenvalue weighted by atomic mass is 16.5. The summed E-state index contributed by atoms with van der Waals surface area (Å²) in [6.07, 6.45) is 4.05. The highest BCUT2D eigenvalue weighted by Crippen LogP contribution is 2.23. The van der Waals surface area contributed by atoms with E-state index in [2.05, 4.69) is 10.4 Å². The van der Waals surface area contributed by atoms with Crippen LogP contribution in [-0.4, -0.2) is 22.9 Å². The molecule has 0 spiro atoms. The van der Waals surface area contributed by atoms with Crippen molar-refractivity contribution in [3.63, 3.8) is 0 Å². The molecule has 1 aliphatic carbocycles. The first kappa shape index (κ1) is 12.7. The van der Waals surface area contributed by atoms with Crippen molar-refractivity contribution in [2.24, 2.45) is 0 Å². The van der Waals surface area contributed by atoms with E-state index in [1.165, 1.54) is 17.5 Å². The number of nitrogens with one attached hydrogen (secondary N) is 1. The van der Waals surface area contributed by atoms with Crippen LogP contribution in [0.25, 0.3) is 0 Å². The quantitative estimate of drug-likeness (QED) is 0.902. The van der Waals surface area contributed by atoms with E-state index in [-0.39, 0.29) is 5.56 Å². The molecule has 1 fully saturated rings. The van der Waals surface area contributed by atoms with Crippen molar-refractivity contribution in [3.05, 3.63) is 52.4 Å². The number of methoxy groups -OCH3 is 1. The van der Waals surface area contributed by atoms with E-state index in [0.717, 1.165) is 17.0 Å².